The van der Waals surface area contributed by atoms with Crippen LogP contribution in [0.25, 0.3) is 22.6 Å². The van der Waals surface area contributed by atoms with E-state index >= 15 is 0 Å². The summed E-state index contributed by atoms with van der Waals surface area (Å²) in [5.74, 6) is 0.469. The summed E-state index contributed by atoms with van der Waals surface area (Å²) in [6, 6.07) is 6.77. The van der Waals surface area contributed by atoms with Crippen LogP contribution in [0.5, 0.6) is 0 Å². The van der Waals surface area contributed by atoms with Crippen molar-refractivity contribution in [3.8, 4) is 11.6 Å². The maximum absolute atomic E-state index is 12.5. The summed E-state index contributed by atoms with van der Waals surface area (Å²) in [6.45, 7) is 10.4. The first-order valence-corrected chi connectivity index (χ1v) is 12.7. The van der Waals surface area contributed by atoms with Gasteiger partial charge in [0.1, 0.15) is 5.58 Å². The molecule has 0 aliphatic carbocycles. The fourth-order valence-corrected chi connectivity index (χ4v) is 5.38. The molecule has 4 heterocycles. The molecule has 5 rings (SSSR count). The van der Waals surface area contributed by atoms with Crippen molar-refractivity contribution in [3.05, 3.63) is 35.2 Å². The lowest BCUT2D eigenvalue weighted by Gasteiger charge is -2.40. The van der Waals surface area contributed by atoms with Crippen LogP contribution in [0.1, 0.15) is 60.3 Å². The zero-order valence-electron chi connectivity index (χ0n) is 20.3. The number of piperidine rings is 2. The Hall–Kier alpha value is -2.71. The van der Waals surface area contributed by atoms with Gasteiger partial charge < -0.3 is 24.1 Å². The van der Waals surface area contributed by atoms with Crippen molar-refractivity contribution < 1.29 is 13.7 Å². The zero-order chi connectivity index (χ0) is 23.5. The second kappa shape index (κ2) is 10.3. The predicted octanol–water partition coefficient (Wildman–Crippen LogP) is 4.17. The summed E-state index contributed by atoms with van der Waals surface area (Å²) in [4.78, 5) is 22.0. The fraction of sp³-hybridized carbons (Fsp3) is 0.577. The van der Waals surface area contributed by atoms with Gasteiger partial charge in [0, 0.05) is 23.5 Å². The van der Waals surface area contributed by atoms with E-state index in [9.17, 15) is 4.79 Å². The van der Waals surface area contributed by atoms with E-state index in [2.05, 4.69) is 25.3 Å². The predicted molar refractivity (Wildman–Crippen MR) is 131 cm³/mol. The number of nitrogens with one attached hydrogen (secondary N) is 1. The minimum absolute atomic E-state index is 0.0334. The van der Waals surface area contributed by atoms with E-state index in [1.807, 2.05) is 32.0 Å². The van der Waals surface area contributed by atoms with Gasteiger partial charge in [0.2, 0.25) is 5.82 Å². The largest absolute Gasteiger partial charge is 0.452 e. The molecule has 0 saturated carbocycles. The SMILES string of the molecule is Cc1c(-c2noc(C(=O)NCCCN3CCC(N4CCCCC4)CC3)n2)oc2c(C)cccc12. The Morgan fingerprint density at radius 2 is 1.91 bits per heavy atom. The molecule has 182 valence electrons. The quantitative estimate of drug-likeness (QED) is 0.524. The van der Waals surface area contributed by atoms with E-state index in [4.69, 9.17) is 8.94 Å². The van der Waals surface area contributed by atoms with Crippen LogP contribution in [0, 0.1) is 13.8 Å². The summed E-state index contributed by atoms with van der Waals surface area (Å²) in [5, 5.41) is 7.92. The molecule has 8 nitrogen and oxygen atoms in total. The highest BCUT2D eigenvalue weighted by atomic mass is 16.5. The number of aromatic nitrogens is 2. The number of likely N-dealkylation sites (tertiary alicyclic amines) is 2. The smallest absolute Gasteiger partial charge is 0.316 e. The van der Waals surface area contributed by atoms with Crippen molar-refractivity contribution in [3.63, 3.8) is 0 Å². The molecule has 1 N–H and O–H groups in total. The molecule has 3 aromatic rings. The van der Waals surface area contributed by atoms with Gasteiger partial charge in [-0.25, -0.2) is 0 Å². The highest BCUT2D eigenvalue weighted by molar-refractivity contribution is 5.91. The Kier molecular flexibility index (Phi) is 6.97. The van der Waals surface area contributed by atoms with Gasteiger partial charge in [-0.1, -0.05) is 29.8 Å². The van der Waals surface area contributed by atoms with Gasteiger partial charge in [0.05, 0.1) is 0 Å². The number of furan rings is 1. The topological polar surface area (TPSA) is 87.6 Å². The molecule has 0 radical (unpaired) electrons. The van der Waals surface area contributed by atoms with Crippen LogP contribution in [0.3, 0.4) is 0 Å². The summed E-state index contributed by atoms with van der Waals surface area (Å²) in [5.41, 5.74) is 2.80. The van der Waals surface area contributed by atoms with Gasteiger partial charge in [0.15, 0.2) is 5.76 Å². The van der Waals surface area contributed by atoms with Crippen LogP contribution in [0.4, 0.5) is 0 Å². The van der Waals surface area contributed by atoms with Crippen LogP contribution in [-0.4, -0.2) is 71.2 Å². The van der Waals surface area contributed by atoms with Crippen molar-refractivity contribution in [2.24, 2.45) is 0 Å². The molecule has 34 heavy (non-hydrogen) atoms. The lowest BCUT2D eigenvalue weighted by atomic mass is 10.00. The molecule has 2 fully saturated rings. The van der Waals surface area contributed by atoms with Crippen LogP contribution in [-0.2, 0) is 0 Å². The third-order valence-corrected chi connectivity index (χ3v) is 7.38. The second-order valence-corrected chi connectivity index (χ2v) is 9.71. The Morgan fingerprint density at radius 1 is 1.12 bits per heavy atom. The maximum atomic E-state index is 12.5. The minimum atomic E-state index is -0.340. The molecular formula is C26H35N5O3. The summed E-state index contributed by atoms with van der Waals surface area (Å²) >= 11 is 0. The number of rotatable bonds is 7. The molecule has 2 aromatic heterocycles. The van der Waals surface area contributed by atoms with Gasteiger partial charge in [0.25, 0.3) is 0 Å². The molecule has 0 atom stereocenters. The first-order chi connectivity index (χ1) is 16.6. The lowest BCUT2D eigenvalue weighted by Crippen LogP contribution is -2.47. The first kappa shape index (κ1) is 23.1. The van der Waals surface area contributed by atoms with Gasteiger partial charge in [-0.3, -0.25) is 4.79 Å². The van der Waals surface area contributed by atoms with E-state index in [1.54, 1.807) is 0 Å². The Balaban J connectivity index is 1.08. The van der Waals surface area contributed by atoms with Gasteiger partial charge in [-0.15, -0.1) is 0 Å². The molecule has 0 bridgehead atoms. The number of fused-ring (bicyclic) bond motifs is 1. The van der Waals surface area contributed by atoms with Crippen LogP contribution in [0.2, 0.25) is 0 Å². The number of amides is 1. The van der Waals surface area contributed by atoms with E-state index in [1.165, 1.54) is 45.2 Å². The second-order valence-electron chi connectivity index (χ2n) is 9.71. The van der Waals surface area contributed by atoms with Crippen LogP contribution >= 0.6 is 0 Å². The van der Waals surface area contributed by atoms with Crippen molar-refractivity contribution in [2.75, 3.05) is 39.3 Å². The van der Waals surface area contributed by atoms with Crippen molar-refractivity contribution in [2.45, 2.75) is 58.4 Å². The zero-order valence-corrected chi connectivity index (χ0v) is 20.3. The van der Waals surface area contributed by atoms with E-state index < -0.39 is 0 Å². The number of hydrogen-bond acceptors (Lipinski definition) is 7. The molecule has 2 saturated heterocycles. The van der Waals surface area contributed by atoms with Crippen molar-refractivity contribution in [1.29, 1.82) is 0 Å². The summed E-state index contributed by atoms with van der Waals surface area (Å²) in [6.07, 6.45) is 7.54. The lowest BCUT2D eigenvalue weighted by molar-refractivity contribution is 0.0882. The van der Waals surface area contributed by atoms with Crippen LogP contribution < -0.4 is 5.32 Å². The van der Waals surface area contributed by atoms with Gasteiger partial charge >= 0.3 is 11.8 Å². The number of nitrogens with zero attached hydrogens (tertiary/aromatic N) is 4. The third kappa shape index (κ3) is 4.88. The molecule has 0 spiro atoms. The van der Waals surface area contributed by atoms with Crippen molar-refractivity contribution in [1.82, 2.24) is 25.3 Å². The number of carbonyl (C=O) groups excluding carboxylic acids is 1. The number of aryl methyl sites for hydroxylation is 2. The summed E-state index contributed by atoms with van der Waals surface area (Å²) < 4.78 is 11.2. The monoisotopic (exact) mass is 465 g/mol. The normalized spacial score (nSPS) is 18.5. The van der Waals surface area contributed by atoms with E-state index in [-0.39, 0.29) is 11.8 Å². The first-order valence-electron chi connectivity index (χ1n) is 12.7. The Bertz CT molecular complexity index is 1120. The standard InChI is InChI=1S/C26H35N5O3/c1-18-8-6-9-21-19(2)23(33-22(18)21)24-28-26(34-29-24)25(32)27-12-7-13-30-16-10-20(11-17-30)31-14-4-3-5-15-31/h6,8-9,20H,3-5,7,10-17H2,1-2H3,(H,27,32). The number of carbonyl (C=O) groups is 1. The third-order valence-electron chi connectivity index (χ3n) is 7.38. The molecular weight excluding hydrogens is 430 g/mol. The van der Waals surface area contributed by atoms with Gasteiger partial charge in [-0.2, -0.15) is 4.98 Å². The molecule has 2 aliphatic rings. The molecule has 2 aliphatic heterocycles. The van der Waals surface area contributed by atoms with Crippen molar-refractivity contribution >= 4 is 16.9 Å². The molecule has 1 aromatic carbocycles. The molecule has 0 unspecified atom stereocenters. The summed E-state index contributed by atoms with van der Waals surface area (Å²) in [7, 11) is 0. The average Bonchev–Trinajstić information content (AvgIpc) is 3.49. The van der Waals surface area contributed by atoms with E-state index in [0.29, 0.717) is 18.1 Å². The molecule has 8 heteroatoms. The Labute approximate surface area is 200 Å². The van der Waals surface area contributed by atoms with Crippen LogP contribution in [0.15, 0.2) is 27.1 Å². The Morgan fingerprint density at radius 3 is 2.68 bits per heavy atom. The minimum Gasteiger partial charge on any atom is -0.452 e. The van der Waals surface area contributed by atoms with Gasteiger partial charge in [-0.05, 0) is 84.2 Å². The average molecular weight is 466 g/mol. The highest BCUT2D eigenvalue weighted by Gasteiger charge is 2.25. The highest BCUT2D eigenvalue weighted by Crippen LogP contribution is 2.33. The number of benzene rings is 1. The maximum Gasteiger partial charge on any atom is 0.316 e. The number of hydrogen-bond donors (Lipinski definition) is 1. The molecule has 1 amide bonds. The van der Waals surface area contributed by atoms with E-state index in [0.717, 1.165) is 54.2 Å². The fourth-order valence-electron chi connectivity index (χ4n) is 5.38. The number of para-hydroxylation sites is 1.